The minimum atomic E-state index is -0.102. The molecule has 1 N–H and O–H groups in total. The van der Waals surface area contributed by atoms with E-state index in [1.165, 1.54) is 11.8 Å². The normalized spacial score (nSPS) is 28.6. The Labute approximate surface area is 57.9 Å². The molecule has 1 rings (SSSR count). The highest BCUT2D eigenvalue weighted by atomic mass is 32.2. The molecule has 0 amide bonds. The first-order valence-corrected chi connectivity index (χ1v) is 3.66. The molecule has 4 heteroatoms. The Morgan fingerprint density at radius 3 is 2.75 bits per heavy atom. The second kappa shape index (κ2) is 2.21. The number of allylic oxidation sites excluding steroid dienone is 1. The standard InChI is InChI=1S/C4H7NOS2/c1-3-2-8-4(7)5(3)6/h2,4,6-7H,1H3. The van der Waals surface area contributed by atoms with E-state index >= 15 is 0 Å². The average molecular weight is 149 g/mol. The highest BCUT2D eigenvalue weighted by molar-refractivity contribution is 8.12. The minimum absolute atomic E-state index is 0.102. The Morgan fingerprint density at radius 2 is 2.62 bits per heavy atom. The van der Waals surface area contributed by atoms with Crippen LogP contribution in [0.5, 0.6) is 0 Å². The van der Waals surface area contributed by atoms with Gasteiger partial charge in [-0.25, -0.2) is 5.06 Å². The van der Waals surface area contributed by atoms with Gasteiger partial charge in [-0.05, 0) is 12.3 Å². The highest BCUT2D eigenvalue weighted by Gasteiger charge is 2.17. The third kappa shape index (κ3) is 0.962. The number of thiol groups is 1. The molecule has 0 aromatic carbocycles. The third-order valence-corrected chi connectivity index (χ3v) is 2.44. The summed E-state index contributed by atoms with van der Waals surface area (Å²) in [5.74, 6) is 0. The van der Waals surface area contributed by atoms with Crippen molar-refractivity contribution in [1.29, 1.82) is 0 Å². The smallest absolute Gasteiger partial charge is 0.148 e. The lowest BCUT2D eigenvalue weighted by molar-refractivity contribution is -0.0404. The number of hydrogen-bond acceptors (Lipinski definition) is 4. The van der Waals surface area contributed by atoms with Crippen molar-refractivity contribution in [3.8, 4) is 0 Å². The zero-order chi connectivity index (χ0) is 6.15. The maximum atomic E-state index is 8.93. The van der Waals surface area contributed by atoms with E-state index in [0.717, 1.165) is 10.8 Å². The van der Waals surface area contributed by atoms with Gasteiger partial charge in [0.1, 0.15) is 4.71 Å². The van der Waals surface area contributed by atoms with E-state index in [1.807, 2.05) is 12.3 Å². The molecule has 0 saturated carbocycles. The molecule has 0 bridgehead atoms. The summed E-state index contributed by atoms with van der Waals surface area (Å²) < 4.78 is -0.102. The number of hydrogen-bond donors (Lipinski definition) is 2. The molecule has 1 heterocycles. The summed E-state index contributed by atoms with van der Waals surface area (Å²) in [5.41, 5.74) is 0.856. The fraction of sp³-hybridized carbons (Fsp3) is 0.500. The molecule has 1 aliphatic rings. The second-order valence-electron chi connectivity index (χ2n) is 1.57. The van der Waals surface area contributed by atoms with Gasteiger partial charge in [0, 0.05) is 5.70 Å². The quantitative estimate of drug-likeness (QED) is 0.510. The second-order valence-corrected chi connectivity index (χ2v) is 3.36. The first-order valence-electron chi connectivity index (χ1n) is 2.20. The van der Waals surface area contributed by atoms with Crippen molar-refractivity contribution in [1.82, 2.24) is 5.06 Å². The van der Waals surface area contributed by atoms with Crippen LogP contribution in [0.1, 0.15) is 6.92 Å². The first kappa shape index (κ1) is 6.32. The van der Waals surface area contributed by atoms with Gasteiger partial charge >= 0.3 is 0 Å². The van der Waals surface area contributed by atoms with Gasteiger partial charge < -0.3 is 0 Å². The third-order valence-electron chi connectivity index (χ3n) is 0.931. The van der Waals surface area contributed by atoms with Crippen LogP contribution in [0, 0.1) is 0 Å². The first-order chi connectivity index (χ1) is 3.72. The van der Waals surface area contributed by atoms with Crippen LogP contribution in [0.15, 0.2) is 11.1 Å². The summed E-state index contributed by atoms with van der Waals surface area (Å²) >= 11 is 5.52. The number of thioether (sulfide) groups is 1. The van der Waals surface area contributed by atoms with Crippen molar-refractivity contribution in [2.24, 2.45) is 0 Å². The molecule has 0 aromatic heterocycles. The van der Waals surface area contributed by atoms with Crippen LogP contribution in [0.4, 0.5) is 0 Å². The van der Waals surface area contributed by atoms with Gasteiger partial charge in [-0.2, -0.15) is 0 Å². The van der Waals surface area contributed by atoms with Crippen LogP contribution in [-0.4, -0.2) is 15.0 Å². The molecular formula is C4H7NOS2. The van der Waals surface area contributed by atoms with Gasteiger partial charge in [0.2, 0.25) is 0 Å². The summed E-state index contributed by atoms with van der Waals surface area (Å²) in [6, 6.07) is 0. The number of hydroxylamine groups is 2. The maximum Gasteiger partial charge on any atom is 0.148 e. The molecular weight excluding hydrogens is 142 g/mol. The Hall–Kier alpha value is 0.200. The van der Waals surface area contributed by atoms with Gasteiger partial charge in [-0.15, -0.1) is 12.6 Å². The summed E-state index contributed by atoms with van der Waals surface area (Å²) in [5, 5.41) is 11.9. The molecule has 0 aliphatic carbocycles. The van der Waals surface area contributed by atoms with Crippen LogP contribution in [0.25, 0.3) is 0 Å². The van der Waals surface area contributed by atoms with E-state index in [0.29, 0.717) is 0 Å². The van der Waals surface area contributed by atoms with Crippen LogP contribution < -0.4 is 0 Å². The van der Waals surface area contributed by atoms with Gasteiger partial charge in [-0.1, -0.05) is 11.8 Å². The Kier molecular flexibility index (Phi) is 1.74. The molecule has 46 valence electrons. The fourth-order valence-electron chi connectivity index (χ4n) is 0.445. The van der Waals surface area contributed by atoms with Crippen molar-refractivity contribution in [3.63, 3.8) is 0 Å². The highest BCUT2D eigenvalue weighted by Crippen LogP contribution is 2.30. The fourth-order valence-corrected chi connectivity index (χ4v) is 1.52. The summed E-state index contributed by atoms with van der Waals surface area (Å²) in [7, 11) is 0. The van der Waals surface area contributed by atoms with Crippen molar-refractivity contribution < 1.29 is 5.21 Å². The zero-order valence-corrected chi connectivity index (χ0v) is 6.12. The molecule has 0 saturated heterocycles. The van der Waals surface area contributed by atoms with Crippen LogP contribution in [0.2, 0.25) is 0 Å². The van der Waals surface area contributed by atoms with Crippen LogP contribution in [-0.2, 0) is 0 Å². The summed E-state index contributed by atoms with van der Waals surface area (Å²) in [6.07, 6.45) is 0. The van der Waals surface area contributed by atoms with Gasteiger partial charge in [-0.3, -0.25) is 5.21 Å². The number of rotatable bonds is 0. The predicted molar refractivity (Wildman–Crippen MR) is 37.7 cm³/mol. The summed E-state index contributed by atoms with van der Waals surface area (Å²) in [4.78, 5) is 0. The van der Waals surface area contributed by atoms with E-state index in [1.54, 1.807) is 0 Å². The van der Waals surface area contributed by atoms with Crippen LogP contribution in [0.3, 0.4) is 0 Å². The lowest BCUT2D eigenvalue weighted by Gasteiger charge is -2.14. The predicted octanol–water partition coefficient (Wildman–Crippen LogP) is 1.50. The Morgan fingerprint density at radius 1 is 2.00 bits per heavy atom. The maximum absolute atomic E-state index is 8.93. The van der Waals surface area contributed by atoms with E-state index in [9.17, 15) is 0 Å². The van der Waals surface area contributed by atoms with E-state index in [4.69, 9.17) is 5.21 Å². The van der Waals surface area contributed by atoms with Gasteiger partial charge in [0.05, 0.1) is 0 Å². The molecule has 1 aliphatic heterocycles. The molecule has 8 heavy (non-hydrogen) atoms. The van der Waals surface area contributed by atoms with E-state index < -0.39 is 0 Å². The minimum Gasteiger partial charge on any atom is -0.287 e. The number of nitrogens with zero attached hydrogens (tertiary/aromatic N) is 1. The monoisotopic (exact) mass is 149 g/mol. The zero-order valence-electron chi connectivity index (χ0n) is 4.40. The lowest BCUT2D eigenvalue weighted by Crippen LogP contribution is -2.17. The molecule has 0 radical (unpaired) electrons. The SMILES string of the molecule is CC1=CSC(S)N1O. The molecule has 1 unspecified atom stereocenters. The van der Waals surface area contributed by atoms with E-state index in [-0.39, 0.29) is 4.71 Å². The lowest BCUT2D eigenvalue weighted by atomic mass is 10.6. The van der Waals surface area contributed by atoms with Crippen molar-refractivity contribution >= 4 is 24.4 Å². The molecule has 1 atom stereocenters. The molecule has 0 aromatic rings. The largest absolute Gasteiger partial charge is 0.287 e. The molecule has 0 spiro atoms. The van der Waals surface area contributed by atoms with Gasteiger partial charge in [0.25, 0.3) is 0 Å². The van der Waals surface area contributed by atoms with Crippen molar-refractivity contribution in [2.45, 2.75) is 11.6 Å². The molecule has 2 nitrogen and oxygen atoms in total. The topological polar surface area (TPSA) is 23.5 Å². The van der Waals surface area contributed by atoms with Crippen molar-refractivity contribution in [2.75, 3.05) is 0 Å². The average Bonchev–Trinajstić information content (AvgIpc) is 1.98. The Balaban J connectivity index is 2.59. The van der Waals surface area contributed by atoms with Crippen molar-refractivity contribution in [3.05, 3.63) is 11.1 Å². The van der Waals surface area contributed by atoms with Gasteiger partial charge in [0.15, 0.2) is 0 Å². The van der Waals surface area contributed by atoms with Crippen LogP contribution >= 0.6 is 24.4 Å². The van der Waals surface area contributed by atoms with E-state index in [2.05, 4.69) is 12.6 Å². The molecule has 0 fully saturated rings. The Bertz CT molecular complexity index is 125. The summed E-state index contributed by atoms with van der Waals surface area (Å²) in [6.45, 7) is 1.84.